The van der Waals surface area contributed by atoms with Crippen molar-refractivity contribution in [2.45, 2.75) is 6.92 Å². The molecule has 0 aliphatic heterocycles. The lowest BCUT2D eigenvalue weighted by atomic mass is 10.0. The Morgan fingerprint density at radius 1 is 0.900 bits per heavy atom. The zero-order valence-corrected chi connectivity index (χ0v) is 11.1. The summed E-state index contributed by atoms with van der Waals surface area (Å²) in [5.41, 5.74) is 10.0. The standard InChI is InChI=1S/C16H14N4/c1-11-3-5-12(6-4-11)13-9-14(15(17)20-10-13)16-18-7-2-8-19-16/h2-10H,1H3,(H2,17,20). The van der Waals surface area contributed by atoms with Gasteiger partial charge in [-0.15, -0.1) is 0 Å². The van der Waals surface area contributed by atoms with Gasteiger partial charge in [-0.3, -0.25) is 0 Å². The molecule has 0 spiro atoms. The van der Waals surface area contributed by atoms with Gasteiger partial charge in [0, 0.05) is 24.2 Å². The van der Waals surface area contributed by atoms with Gasteiger partial charge < -0.3 is 5.73 Å². The molecule has 3 aromatic rings. The van der Waals surface area contributed by atoms with E-state index in [-0.39, 0.29) is 0 Å². The summed E-state index contributed by atoms with van der Waals surface area (Å²) in [7, 11) is 0. The van der Waals surface area contributed by atoms with Crippen LogP contribution < -0.4 is 5.73 Å². The number of hydrogen-bond donors (Lipinski definition) is 1. The molecule has 0 aliphatic rings. The predicted molar refractivity (Wildman–Crippen MR) is 79.8 cm³/mol. The molecule has 98 valence electrons. The summed E-state index contributed by atoms with van der Waals surface area (Å²) >= 11 is 0. The van der Waals surface area contributed by atoms with E-state index in [0.717, 1.165) is 16.7 Å². The number of aromatic nitrogens is 3. The Morgan fingerprint density at radius 2 is 1.60 bits per heavy atom. The lowest BCUT2D eigenvalue weighted by molar-refractivity contribution is 1.17. The smallest absolute Gasteiger partial charge is 0.162 e. The van der Waals surface area contributed by atoms with E-state index in [0.29, 0.717) is 11.6 Å². The number of aryl methyl sites for hydroxylation is 1. The Labute approximate surface area is 117 Å². The molecule has 0 atom stereocenters. The van der Waals surface area contributed by atoms with Gasteiger partial charge in [-0.1, -0.05) is 29.8 Å². The van der Waals surface area contributed by atoms with Crippen molar-refractivity contribution >= 4 is 5.82 Å². The van der Waals surface area contributed by atoms with Crippen LogP contribution in [-0.2, 0) is 0 Å². The van der Waals surface area contributed by atoms with Crippen molar-refractivity contribution < 1.29 is 0 Å². The van der Waals surface area contributed by atoms with Gasteiger partial charge >= 0.3 is 0 Å². The molecule has 2 N–H and O–H groups in total. The Kier molecular flexibility index (Phi) is 3.13. The fraction of sp³-hybridized carbons (Fsp3) is 0.0625. The minimum atomic E-state index is 0.437. The number of benzene rings is 1. The number of hydrogen-bond acceptors (Lipinski definition) is 4. The summed E-state index contributed by atoms with van der Waals surface area (Å²) in [5.74, 6) is 1.03. The van der Waals surface area contributed by atoms with Crippen molar-refractivity contribution in [2.75, 3.05) is 5.73 Å². The van der Waals surface area contributed by atoms with Crippen molar-refractivity contribution in [3.63, 3.8) is 0 Å². The summed E-state index contributed by atoms with van der Waals surface area (Å²) < 4.78 is 0. The minimum absolute atomic E-state index is 0.437. The van der Waals surface area contributed by atoms with Crippen LogP contribution in [0.3, 0.4) is 0 Å². The molecule has 2 aromatic heterocycles. The Hall–Kier alpha value is -2.75. The molecule has 0 bridgehead atoms. The second-order valence-corrected chi connectivity index (χ2v) is 4.60. The van der Waals surface area contributed by atoms with E-state index >= 15 is 0 Å². The van der Waals surface area contributed by atoms with Gasteiger partial charge in [0.25, 0.3) is 0 Å². The van der Waals surface area contributed by atoms with Crippen LogP contribution in [0.4, 0.5) is 5.82 Å². The number of nitrogen functional groups attached to an aromatic ring is 1. The summed E-state index contributed by atoms with van der Waals surface area (Å²) in [6.45, 7) is 2.06. The first-order chi connectivity index (χ1) is 9.74. The third kappa shape index (κ3) is 2.36. The highest BCUT2D eigenvalue weighted by atomic mass is 14.9. The number of anilines is 1. The molecule has 0 amide bonds. The summed E-state index contributed by atoms with van der Waals surface area (Å²) in [5, 5.41) is 0. The van der Waals surface area contributed by atoms with Crippen LogP contribution >= 0.6 is 0 Å². The molecule has 4 heteroatoms. The zero-order chi connectivity index (χ0) is 13.9. The quantitative estimate of drug-likeness (QED) is 0.770. The third-order valence-corrected chi connectivity index (χ3v) is 3.11. The first-order valence-corrected chi connectivity index (χ1v) is 6.34. The molecule has 3 rings (SSSR count). The molecule has 0 saturated heterocycles. The zero-order valence-electron chi connectivity index (χ0n) is 11.1. The minimum Gasteiger partial charge on any atom is -0.383 e. The van der Waals surface area contributed by atoms with Gasteiger partial charge in [0.2, 0.25) is 0 Å². The van der Waals surface area contributed by atoms with Crippen molar-refractivity contribution in [3.8, 4) is 22.5 Å². The Morgan fingerprint density at radius 3 is 2.30 bits per heavy atom. The fourth-order valence-corrected chi connectivity index (χ4v) is 2.00. The summed E-state index contributed by atoms with van der Waals surface area (Å²) in [6.07, 6.45) is 5.16. The lowest BCUT2D eigenvalue weighted by Gasteiger charge is -2.07. The molecule has 4 nitrogen and oxygen atoms in total. The molecular formula is C16H14N4. The SMILES string of the molecule is Cc1ccc(-c2cnc(N)c(-c3ncccn3)c2)cc1. The molecule has 1 aromatic carbocycles. The van der Waals surface area contributed by atoms with Gasteiger partial charge in [-0.2, -0.15) is 0 Å². The van der Waals surface area contributed by atoms with Gasteiger partial charge in [0.1, 0.15) is 5.82 Å². The van der Waals surface area contributed by atoms with Crippen molar-refractivity contribution in [1.82, 2.24) is 15.0 Å². The van der Waals surface area contributed by atoms with E-state index < -0.39 is 0 Å². The molecule has 20 heavy (non-hydrogen) atoms. The van der Waals surface area contributed by atoms with Crippen LogP contribution in [0.15, 0.2) is 55.0 Å². The second kappa shape index (κ2) is 5.09. The fourth-order valence-electron chi connectivity index (χ4n) is 2.00. The number of pyridine rings is 1. The van der Waals surface area contributed by atoms with Crippen LogP contribution in [0.5, 0.6) is 0 Å². The topological polar surface area (TPSA) is 64.7 Å². The average molecular weight is 262 g/mol. The maximum Gasteiger partial charge on any atom is 0.162 e. The van der Waals surface area contributed by atoms with Crippen LogP contribution in [0.25, 0.3) is 22.5 Å². The molecule has 0 saturated carbocycles. The van der Waals surface area contributed by atoms with Crippen molar-refractivity contribution in [3.05, 3.63) is 60.6 Å². The Bertz CT molecular complexity index is 721. The van der Waals surface area contributed by atoms with Gasteiger partial charge in [-0.25, -0.2) is 15.0 Å². The highest BCUT2D eigenvalue weighted by Gasteiger charge is 2.08. The molecular weight excluding hydrogens is 248 g/mol. The van der Waals surface area contributed by atoms with Crippen molar-refractivity contribution in [2.24, 2.45) is 0 Å². The first-order valence-electron chi connectivity index (χ1n) is 6.34. The number of nitrogens with zero attached hydrogens (tertiary/aromatic N) is 3. The number of rotatable bonds is 2. The largest absolute Gasteiger partial charge is 0.383 e. The molecule has 2 heterocycles. The highest BCUT2D eigenvalue weighted by Crippen LogP contribution is 2.27. The van der Waals surface area contributed by atoms with E-state index in [1.165, 1.54) is 5.56 Å². The maximum atomic E-state index is 5.93. The normalized spacial score (nSPS) is 10.4. The molecule has 0 fully saturated rings. The van der Waals surface area contributed by atoms with Gasteiger partial charge in [0.15, 0.2) is 5.82 Å². The Balaban J connectivity index is 2.09. The van der Waals surface area contributed by atoms with E-state index in [1.807, 2.05) is 6.07 Å². The lowest BCUT2D eigenvalue weighted by Crippen LogP contribution is -1.97. The van der Waals surface area contributed by atoms with E-state index in [1.54, 1.807) is 24.7 Å². The molecule has 0 unspecified atom stereocenters. The average Bonchev–Trinajstić information content (AvgIpc) is 2.50. The summed E-state index contributed by atoms with van der Waals surface area (Å²) in [6, 6.07) is 12.0. The maximum absolute atomic E-state index is 5.93. The second-order valence-electron chi connectivity index (χ2n) is 4.60. The van der Waals surface area contributed by atoms with Crippen LogP contribution in [-0.4, -0.2) is 15.0 Å². The molecule has 0 aliphatic carbocycles. The van der Waals surface area contributed by atoms with Gasteiger partial charge in [-0.05, 0) is 24.6 Å². The third-order valence-electron chi connectivity index (χ3n) is 3.11. The van der Waals surface area contributed by atoms with Crippen LogP contribution in [0, 0.1) is 6.92 Å². The monoisotopic (exact) mass is 262 g/mol. The van der Waals surface area contributed by atoms with Crippen LogP contribution in [0.2, 0.25) is 0 Å². The predicted octanol–water partition coefficient (Wildman–Crippen LogP) is 3.10. The van der Waals surface area contributed by atoms with E-state index in [9.17, 15) is 0 Å². The summed E-state index contributed by atoms with van der Waals surface area (Å²) in [4.78, 5) is 12.7. The number of nitrogens with two attached hydrogens (primary N) is 1. The van der Waals surface area contributed by atoms with Crippen LogP contribution in [0.1, 0.15) is 5.56 Å². The molecule has 0 radical (unpaired) electrons. The highest BCUT2D eigenvalue weighted by molar-refractivity contribution is 5.75. The van der Waals surface area contributed by atoms with Gasteiger partial charge in [0.05, 0.1) is 5.56 Å². The van der Waals surface area contributed by atoms with Crippen molar-refractivity contribution in [1.29, 1.82) is 0 Å². The van der Waals surface area contributed by atoms with E-state index in [2.05, 4.69) is 46.1 Å². The van der Waals surface area contributed by atoms with E-state index in [4.69, 9.17) is 5.73 Å². The first kappa shape index (κ1) is 12.3.